The predicted molar refractivity (Wildman–Crippen MR) is 98.4 cm³/mol. The van der Waals surface area contributed by atoms with E-state index < -0.39 is 0 Å². The van der Waals surface area contributed by atoms with Crippen molar-refractivity contribution in [2.24, 2.45) is 0 Å². The van der Waals surface area contributed by atoms with Gasteiger partial charge in [-0.1, -0.05) is 66.7 Å². The van der Waals surface area contributed by atoms with Crippen molar-refractivity contribution in [3.8, 4) is 5.75 Å². The molecule has 0 saturated carbocycles. The molecule has 0 amide bonds. The van der Waals surface area contributed by atoms with Crippen LogP contribution < -0.4 is 4.74 Å². The highest BCUT2D eigenvalue weighted by molar-refractivity contribution is 5.39. The Hall–Kier alpha value is -2.54. The maximum Gasteiger partial charge on any atom is 0.120 e. The second-order valence-corrected chi connectivity index (χ2v) is 6.56. The minimum atomic E-state index is 0.631. The molecule has 0 heterocycles. The first-order valence-corrected chi connectivity index (χ1v) is 8.72. The second-order valence-electron chi connectivity index (χ2n) is 6.56. The zero-order chi connectivity index (χ0) is 16.2. The molecule has 0 N–H and O–H groups in total. The van der Waals surface area contributed by atoms with Gasteiger partial charge in [-0.3, -0.25) is 0 Å². The number of aryl methyl sites for hydroxylation is 1. The Bertz CT molecular complexity index is 793. The van der Waals surface area contributed by atoms with E-state index in [1.54, 1.807) is 0 Å². The zero-order valence-corrected chi connectivity index (χ0v) is 13.8. The van der Waals surface area contributed by atoms with Gasteiger partial charge in [0.2, 0.25) is 0 Å². The number of ether oxygens (including phenoxy) is 1. The summed E-state index contributed by atoms with van der Waals surface area (Å²) in [5.41, 5.74) is 5.60. The Balaban J connectivity index is 1.45. The SMILES string of the molecule is c1ccc(COc2ccc3c(c2)CCC(c2ccccc2)C3)cc1. The Morgan fingerprint density at radius 2 is 1.54 bits per heavy atom. The van der Waals surface area contributed by atoms with E-state index in [0.717, 1.165) is 18.6 Å². The van der Waals surface area contributed by atoms with Crippen molar-refractivity contribution in [3.63, 3.8) is 0 Å². The maximum absolute atomic E-state index is 5.97. The fraction of sp³-hybridized carbons (Fsp3) is 0.217. The summed E-state index contributed by atoms with van der Waals surface area (Å²) in [6.45, 7) is 0.631. The highest BCUT2D eigenvalue weighted by Crippen LogP contribution is 2.34. The van der Waals surface area contributed by atoms with E-state index in [0.29, 0.717) is 12.5 Å². The van der Waals surface area contributed by atoms with Crippen molar-refractivity contribution in [1.82, 2.24) is 0 Å². The van der Waals surface area contributed by atoms with Crippen LogP contribution in [0, 0.1) is 0 Å². The molecule has 120 valence electrons. The fourth-order valence-corrected chi connectivity index (χ4v) is 3.57. The molecule has 4 rings (SSSR count). The molecule has 0 aromatic heterocycles. The Morgan fingerprint density at radius 1 is 0.792 bits per heavy atom. The monoisotopic (exact) mass is 314 g/mol. The Morgan fingerprint density at radius 3 is 2.33 bits per heavy atom. The van der Waals surface area contributed by atoms with Gasteiger partial charge in [0.15, 0.2) is 0 Å². The lowest BCUT2D eigenvalue weighted by molar-refractivity contribution is 0.305. The van der Waals surface area contributed by atoms with Crippen molar-refractivity contribution in [1.29, 1.82) is 0 Å². The van der Waals surface area contributed by atoms with E-state index in [9.17, 15) is 0 Å². The molecule has 3 aromatic carbocycles. The number of hydrogen-bond acceptors (Lipinski definition) is 1. The van der Waals surface area contributed by atoms with Crippen molar-refractivity contribution >= 4 is 0 Å². The van der Waals surface area contributed by atoms with Crippen LogP contribution >= 0.6 is 0 Å². The molecule has 1 heteroatoms. The summed E-state index contributed by atoms with van der Waals surface area (Å²) < 4.78 is 5.97. The summed E-state index contributed by atoms with van der Waals surface area (Å²) in [4.78, 5) is 0. The molecule has 0 aliphatic heterocycles. The molecule has 0 saturated heterocycles. The summed E-state index contributed by atoms with van der Waals surface area (Å²) in [5, 5.41) is 0. The van der Waals surface area contributed by atoms with E-state index in [1.165, 1.54) is 28.7 Å². The van der Waals surface area contributed by atoms with Crippen molar-refractivity contribution in [3.05, 3.63) is 101 Å². The third kappa shape index (κ3) is 3.35. The lowest BCUT2D eigenvalue weighted by atomic mass is 9.80. The van der Waals surface area contributed by atoms with Gasteiger partial charge >= 0.3 is 0 Å². The van der Waals surface area contributed by atoms with Crippen molar-refractivity contribution < 1.29 is 4.74 Å². The van der Waals surface area contributed by atoms with E-state index >= 15 is 0 Å². The summed E-state index contributed by atoms with van der Waals surface area (Å²) in [5.74, 6) is 1.63. The predicted octanol–water partition coefficient (Wildman–Crippen LogP) is 5.54. The molecule has 1 aliphatic carbocycles. The van der Waals surface area contributed by atoms with Crippen LogP contribution in [0.1, 0.15) is 34.6 Å². The van der Waals surface area contributed by atoms with Crippen LogP contribution in [0.2, 0.25) is 0 Å². The van der Waals surface area contributed by atoms with E-state index in [4.69, 9.17) is 4.74 Å². The van der Waals surface area contributed by atoms with Gasteiger partial charge in [0.25, 0.3) is 0 Å². The third-order valence-electron chi connectivity index (χ3n) is 4.93. The van der Waals surface area contributed by atoms with Gasteiger partial charge in [0, 0.05) is 0 Å². The third-order valence-corrected chi connectivity index (χ3v) is 4.93. The average Bonchev–Trinajstić information content (AvgIpc) is 2.67. The largest absolute Gasteiger partial charge is 0.489 e. The van der Waals surface area contributed by atoms with Crippen LogP contribution in [0.25, 0.3) is 0 Å². The Labute approximate surface area is 143 Å². The van der Waals surface area contributed by atoms with Gasteiger partial charge in [-0.2, -0.15) is 0 Å². The van der Waals surface area contributed by atoms with Crippen LogP contribution in [-0.4, -0.2) is 0 Å². The second kappa shape index (κ2) is 6.92. The first-order chi connectivity index (χ1) is 11.9. The molecular weight excluding hydrogens is 292 g/mol. The minimum absolute atomic E-state index is 0.631. The molecule has 1 nitrogen and oxygen atoms in total. The maximum atomic E-state index is 5.97. The smallest absolute Gasteiger partial charge is 0.120 e. The van der Waals surface area contributed by atoms with Crippen LogP contribution in [0.5, 0.6) is 5.75 Å². The van der Waals surface area contributed by atoms with Crippen molar-refractivity contribution in [2.75, 3.05) is 0 Å². The van der Waals surface area contributed by atoms with Gasteiger partial charge in [-0.05, 0) is 59.6 Å². The molecule has 1 atom stereocenters. The zero-order valence-electron chi connectivity index (χ0n) is 13.8. The fourth-order valence-electron chi connectivity index (χ4n) is 3.57. The first kappa shape index (κ1) is 15.0. The molecule has 0 fully saturated rings. The molecule has 24 heavy (non-hydrogen) atoms. The van der Waals surface area contributed by atoms with Gasteiger partial charge < -0.3 is 4.74 Å². The van der Waals surface area contributed by atoms with E-state index in [2.05, 4.69) is 72.8 Å². The number of fused-ring (bicyclic) bond motifs is 1. The van der Waals surface area contributed by atoms with Crippen LogP contribution in [0.3, 0.4) is 0 Å². The molecule has 0 spiro atoms. The average molecular weight is 314 g/mol. The number of rotatable bonds is 4. The molecule has 1 aliphatic rings. The van der Waals surface area contributed by atoms with Gasteiger partial charge in [0.1, 0.15) is 12.4 Å². The van der Waals surface area contributed by atoms with E-state index in [-0.39, 0.29) is 0 Å². The lowest BCUT2D eigenvalue weighted by Crippen LogP contribution is -2.12. The minimum Gasteiger partial charge on any atom is -0.489 e. The summed E-state index contributed by atoms with van der Waals surface area (Å²) >= 11 is 0. The van der Waals surface area contributed by atoms with Gasteiger partial charge in [-0.25, -0.2) is 0 Å². The summed E-state index contributed by atoms with van der Waals surface area (Å²) in [6, 6.07) is 27.8. The summed E-state index contributed by atoms with van der Waals surface area (Å²) in [6.07, 6.45) is 3.49. The Kier molecular flexibility index (Phi) is 4.33. The van der Waals surface area contributed by atoms with Crippen molar-refractivity contribution in [2.45, 2.75) is 31.8 Å². The molecule has 0 bridgehead atoms. The lowest BCUT2D eigenvalue weighted by Gasteiger charge is -2.25. The van der Waals surface area contributed by atoms with Crippen LogP contribution in [0.4, 0.5) is 0 Å². The number of benzene rings is 3. The standard InChI is InChI=1S/C23H22O/c1-3-7-18(8-4-1)17-24-23-14-13-21-15-20(11-12-22(21)16-23)19-9-5-2-6-10-19/h1-10,13-14,16,20H,11-12,15,17H2. The van der Waals surface area contributed by atoms with Gasteiger partial charge in [0.05, 0.1) is 0 Å². The molecule has 3 aromatic rings. The van der Waals surface area contributed by atoms with Crippen LogP contribution in [-0.2, 0) is 19.4 Å². The molecule has 0 radical (unpaired) electrons. The topological polar surface area (TPSA) is 9.23 Å². The molecule has 1 unspecified atom stereocenters. The van der Waals surface area contributed by atoms with Crippen LogP contribution in [0.15, 0.2) is 78.9 Å². The highest BCUT2D eigenvalue weighted by atomic mass is 16.5. The first-order valence-electron chi connectivity index (χ1n) is 8.72. The number of hydrogen-bond donors (Lipinski definition) is 0. The van der Waals surface area contributed by atoms with E-state index in [1.807, 2.05) is 6.07 Å². The molecular formula is C23H22O. The normalized spacial score (nSPS) is 16.4. The van der Waals surface area contributed by atoms with Gasteiger partial charge in [-0.15, -0.1) is 0 Å². The highest BCUT2D eigenvalue weighted by Gasteiger charge is 2.20. The quantitative estimate of drug-likeness (QED) is 0.614. The summed E-state index contributed by atoms with van der Waals surface area (Å²) in [7, 11) is 0.